The summed E-state index contributed by atoms with van der Waals surface area (Å²) >= 11 is 0. The number of pyridine rings is 1. The van der Waals surface area contributed by atoms with Gasteiger partial charge in [-0.15, -0.1) is 0 Å². The molecule has 2 aromatic heterocycles. The van der Waals surface area contributed by atoms with Gasteiger partial charge in [0.1, 0.15) is 11.6 Å². The summed E-state index contributed by atoms with van der Waals surface area (Å²) < 4.78 is 6.69. The number of nitrogens with two attached hydrogens (primary N) is 1. The average Bonchev–Trinajstić information content (AvgIpc) is 3.41. The van der Waals surface area contributed by atoms with Gasteiger partial charge in [-0.05, 0) is 42.8 Å². The lowest BCUT2D eigenvalue weighted by Gasteiger charge is -2.16. The van der Waals surface area contributed by atoms with Crippen molar-refractivity contribution in [2.75, 3.05) is 25.9 Å². The molecule has 148 valence electrons. The van der Waals surface area contributed by atoms with Gasteiger partial charge >= 0.3 is 0 Å². The molecule has 8 nitrogen and oxygen atoms in total. The maximum absolute atomic E-state index is 13.0. The average molecular weight is 391 g/mol. The van der Waals surface area contributed by atoms with Gasteiger partial charge < -0.3 is 15.4 Å². The number of nitrogen functional groups attached to an aromatic ring is 1. The predicted octanol–water partition coefficient (Wildman–Crippen LogP) is 2.20. The predicted molar refractivity (Wildman–Crippen MR) is 107 cm³/mol. The lowest BCUT2D eigenvalue weighted by atomic mass is 9.98. The number of benzene rings is 1. The Hall–Kier alpha value is -3.68. The van der Waals surface area contributed by atoms with Crippen LogP contribution >= 0.6 is 0 Å². The number of nitrogens with zero attached hydrogens (tertiary/aromatic N) is 4. The number of amides is 1. The van der Waals surface area contributed by atoms with Crippen LogP contribution in [0.3, 0.4) is 0 Å². The molecule has 1 saturated heterocycles. The number of carbonyl (C=O) groups excluding carboxylic acids is 2. The summed E-state index contributed by atoms with van der Waals surface area (Å²) in [6.07, 6.45) is 5.26. The van der Waals surface area contributed by atoms with Gasteiger partial charge in [0.25, 0.3) is 5.91 Å². The standard InChI is InChI=1S/C21H21N5O3/c1-29-17-4-2-16(3-5-17)26-20(22)18(12-24-26)19(27)15-8-11-25(13-15)21(28)14-6-9-23-10-7-14/h2-7,9-10,12,15H,8,11,13,22H2,1H3. The van der Waals surface area contributed by atoms with Gasteiger partial charge in [-0.2, -0.15) is 5.10 Å². The van der Waals surface area contributed by atoms with E-state index in [1.165, 1.54) is 10.9 Å². The molecule has 1 aromatic carbocycles. The highest BCUT2D eigenvalue weighted by atomic mass is 16.5. The number of anilines is 1. The highest BCUT2D eigenvalue weighted by Gasteiger charge is 2.33. The van der Waals surface area contributed by atoms with E-state index in [0.29, 0.717) is 36.5 Å². The van der Waals surface area contributed by atoms with E-state index in [1.54, 1.807) is 48.7 Å². The van der Waals surface area contributed by atoms with Crippen LogP contribution in [0.4, 0.5) is 5.82 Å². The maximum atomic E-state index is 13.0. The summed E-state index contributed by atoms with van der Waals surface area (Å²) in [6, 6.07) is 10.6. The van der Waals surface area contributed by atoms with E-state index in [2.05, 4.69) is 10.1 Å². The first-order valence-electron chi connectivity index (χ1n) is 9.30. The van der Waals surface area contributed by atoms with Gasteiger partial charge in [0.2, 0.25) is 0 Å². The molecule has 0 aliphatic carbocycles. The van der Waals surface area contributed by atoms with Crippen molar-refractivity contribution in [2.24, 2.45) is 5.92 Å². The molecule has 1 unspecified atom stereocenters. The van der Waals surface area contributed by atoms with E-state index in [0.717, 1.165) is 11.4 Å². The summed E-state index contributed by atoms with van der Waals surface area (Å²) in [6.45, 7) is 0.900. The number of carbonyl (C=O) groups is 2. The van der Waals surface area contributed by atoms with Crippen molar-refractivity contribution in [3.8, 4) is 11.4 Å². The van der Waals surface area contributed by atoms with Gasteiger partial charge in [0.15, 0.2) is 5.78 Å². The number of methoxy groups -OCH3 is 1. The molecule has 8 heteroatoms. The van der Waals surface area contributed by atoms with Crippen LogP contribution in [0.15, 0.2) is 55.0 Å². The van der Waals surface area contributed by atoms with Crippen LogP contribution < -0.4 is 10.5 Å². The second-order valence-electron chi connectivity index (χ2n) is 6.89. The third-order valence-corrected chi connectivity index (χ3v) is 5.16. The Morgan fingerprint density at radius 2 is 1.86 bits per heavy atom. The zero-order chi connectivity index (χ0) is 20.4. The van der Waals surface area contributed by atoms with Crippen LogP contribution in [0, 0.1) is 5.92 Å². The number of likely N-dealkylation sites (tertiary alicyclic amines) is 1. The first-order chi connectivity index (χ1) is 14.1. The molecule has 29 heavy (non-hydrogen) atoms. The first-order valence-corrected chi connectivity index (χ1v) is 9.30. The minimum atomic E-state index is -0.295. The molecule has 1 fully saturated rings. The second kappa shape index (κ2) is 7.75. The van der Waals surface area contributed by atoms with Crippen molar-refractivity contribution >= 4 is 17.5 Å². The van der Waals surface area contributed by atoms with E-state index in [1.807, 2.05) is 12.1 Å². The van der Waals surface area contributed by atoms with Crippen LogP contribution in [0.25, 0.3) is 5.69 Å². The molecule has 1 aliphatic heterocycles. The maximum Gasteiger partial charge on any atom is 0.253 e. The zero-order valence-corrected chi connectivity index (χ0v) is 16.0. The van der Waals surface area contributed by atoms with E-state index in [4.69, 9.17) is 10.5 Å². The molecule has 4 rings (SSSR count). The Kier molecular flexibility index (Phi) is 4.99. The smallest absolute Gasteiger partial charge is 0.253 e. The van der Waals surface area contributed by atoms with E-state index in [-0.39, 0.29) is 17.6 Å². The summed E-state index contributed by atoms with van der Waals surface area (Å²) in [4.78, 5) is 31.2. The molecule has 0 radical (unpaired) electrons. The van der Waals surface area contributed by atoms with Crippen LogP contribution in [0.5, 0.6) is 5.75 Å². The molecular formula is C21H21N5O3. The number of hydrogen-bond donors (Lipinski definition) is 1. The SMILES string of the molecule is COc1ccc(-n2ncc(C(=O)C3CCN(C(=O)c4ccncc4)C3)c2N)cc1. The molecule has 1 atom stereocenters. The summed E-state index contributed by atoms with van der Waals surface area (Å²) in [5.74, 6) is 0.535. The summed E-state index contributed by atoms with van der Waals surface area (Å²) in [5, 5.41) is 4.28. The highest BCUT2D eigenvalue weighted by molar-refractivity contribution is 6.03. The number of ketones is 1. The molecule has 1 aliphatic rings. The minimum Gasteiger partial charge on any atom is -0.497 e. The largest absolute Gasteiger partial charge is 0.497 e. The number of rotatable bonds is 5. The Bertz CT molecular complexity index is 1030. The van der Waals surface area contributed by atoms with Crippen molar-refractivity contribution in [1.82, 2.24) is 19.7 Å². The second-order valence-corrected chi connectivity index (χ2v) is 6.89. The van der Waals surface area contributed by atoms with Crippen molar-refractivity contribution in [1.29, 1.82) is 0 Å². The van der Waals surface area contributed by atoms with Crippen molar-refractivity contribution in [2.45, 2.75) is 6.42 Å². The van der Waals surface area contributed by atoms with E-state index in [9.17, 15) is 9.59 Å². The van der Waals surface area contributed by atoms with Gasteiger partial charge in [-0.25, -0.2) is 4.68 Å². The first kappa shape index (κ1) is 18.7. The normalized spacial score (nSPS) is 16.0. The molecule has 3 aromatic rings. The Morgan fingerprint density at radius 1 is 1.14 bits per heavy atom. The van der Waals surface area contributed by atoms with Crippen LogP contribution in [-0.4, -0.2) is 51.6 Å². The topological polar surface area (TPSA) is 103 Å². The zero-order valence-electron chi connectivity index (χ0n) is 16.0. The van der Waals surface area contributed by atoms with E-state index < -0.39 is 0 Å². The molecule has 2 N–H and O–H groups in total. The molecule has 0 saturated carbocycles. The van der Waals surface area contributed by atoms with E-state index >= 15 is 0 Å². The molecular weight excluding hydrogens is 370 g/mol. The highest BCUT2D eigenvalue weighted by Crippen LogP contribution is 2.26. The van der Waals surface area contributed by atoms with Crippen molar-refractivity contribution < 1.29 is 14.3 Å². The van der Waals surface area contributed by atoms with Crippen LogP contribution in [0.1, 0.15) is 27.1 Å². The van der Waals surface area contributed by atoms with Crippen LogP contribution in [-0.2, 0) is 0 Å². The molecule has 3 heterocycles. The van der Waals surface area contributed by atoms with Gasteiger partial charge in [-0.3, -0.25) is 14.6 Å². The van der Waals surface area contributed by atoms with Gasteiger partial charge in [0.05, 0.1) is 24.6 Å². The van der Waals surface area contributed by atoms with Crippen molar-refractivity contribution in [3.63, 3.8) is 0 Å². The molecule has 1 amide bonds. The Morgan fingerprint density at radius 3 is 2.55 bits per heavy atom. The fourth-order valence-corrected chi connectivity index (χ4v) is 3.53. The fraction of sp³-hybridized carbons (Fsp3) is 0.238. The molecule has 0 spiro atoms. The minimum absolute atomic E-state index is 0.0905. The summed E-state index contributed by atoms with van der Waals surface area (Å²) in [5.41, 5.74) is 7.91. The third-order valence-electron chi connectivity index (χ3n) is 5.16. The summed E-state index contributed by atoms with van der Waals surface area (Å²) in [7, 11) is 1.60. The third kappa shape index (κ3) is 3.56. The number of Topliss-reactive ketones (excluding diaryl/α,β-unsaturated/α-hetero) is 1. The Balaban J connectivity index is 1.49. The Labute approximate surface area is 167 Å². The van der Waals surface area contributed by atoms with Crippen molar-refractivity contribution in [3.05, 3.63) is 66.1 Å². The lowest BCUT2D eigenvalue weighted by Crippen LogP contribution is -2.30. The number of aromatic nitrogens is 3. The number of hydrogen-bond acceptors (Lipinski definition) is 6. The van der Waals surface area contributed by atoms with Gasteiger partial charge in [0, 0.05) is 37.0 Å². The van der Waals surface area contributed by atoms with Crippen LogP contribution in [0.2, 0.25) is 0 Å². The molecule has 0 bridgehead atoms. The lowest BCUT2D eigenvalue weighted by molar-refractivity contribution is 0.0780. The monoisotopic (exact) mass is 391 g/mol. The van der Waals surface area contributed by atoms with Gasteiger partial charge in [-0.1, -0.05) is 0 Å². The fourth-order valence-electron chi connectivity index (χ4n) is 3.53. The number of ether oxygens (including phenoxy) is 1. The quantitative estimate of drug-likeness (QED) is 0.669.